The van der Waals surface area contributed by atoms with Crippen LogP contribution in [0.3, 0.4) is 0 Å². The van der Waals surface area contributed by atoms with Crippen LogP contribution in [-0.2, 0) is 30.5 Å². The van der Waals surface area contributed by atoms with Crippen LogP contribution in [0.5, 0.6) is 11.5 Å². The number of benzene rings is 5. The van der Waals surface area contributed by atoms with Gasteiger partial charge >= 0.3 is 12.1 Å². The quantitative estimate of drug-likeness (QED) is 0.136. The van der Waals surface area contributed by atoms with Crippen molar-refractivity contribution in [1.29, 1.82) is 0 Å². The first kappa shape index (κ1) is 33.0. The number of amides is 1. The Bertz CT molecular complexity index is 1770. The molecule has 0 radical (unpaired) electrons. The van der Waals surface area contributed by atoms with Crippen LogP contribution in [0.15, 0.2) is 127 Å². The van der Waals surface area contributed by atoms with Gasteiger partial charge in [-0.1, -0.05) is 78.9 Å². The maximum absolute atomic E-state index is 12.9. The fourth-order valence-electron chi connectivity index (χ4n) is 5.09. The van der Waals surface area contributed by atoms with E-state index in [1.807, 2.05) is 97.1 Å². The number of nitrogens with zero attached hydrogens (tertiary/aromatic N) is 1. The molecular weight excluding hydrogens is 605 g/mol. The number of halogens is 3. The highest BCUT2D eigenvalue weighted by Gasteiger charge is 2.30. The van der Waals surface area contributed by atoms with Gasteiger partial charge in [-0.3, -0.25) is 14.5 Å². The molecule has 0 aliphatic heterocycles. The van der Waals surface area contributed by atoms with E-state index < -0.39 is 17.7 Å². The van der Waals surface area contributed by atoms with Crippen molar-refractivity contribution < 1.29 is 32.6 Å². The molecule has 0 heterocycles. The van der Waals surface area contributed by atoms with E-state index in [2.05, 4.69) is 5.32 Å². The van der Waals surface area contributed by atoms with Crippen molar-refractivity contribution in [3.8, 4) is 22.6 Å². The largest absolute Gasteiger partial charge is 0.480 e. The zero-order chi connectivity index (χ0) is 33.2. The Morgan fingerprint density at radius 1 is 0.681 bits per heavy atom. The SMILES string of the molecule is O=C(O)CN(Cc1ccc(-c2cccc(C(=O)NCCc3ccc(Oc4ccccc4)cc3)c2)cc1)Cc1ccc(C(F)(F)F)cc1. The van der Waals surface area contributed by atoms with Crippen LogP contribution >= 0.6 is 0 Å². The molecule has 0 bridgehead atoms. The molecule has 5 aromatic carbocycles. The van der Waals surface area contributed by atoms with E-state index >= 15 is 0 Å². The third-order valence-corrected chi connectivity index (χ3v) is 7.47. The van der Waals surface area contributed by atoms with Crippen LogP contribution in [0.1, 0.15) is 32.6 Å². The average molecular weight is 639 g/mol. The van der Waals surface area contributed by atoms with Gasteiger partial charge in [-0.05, 0) is 82.8 Å². The Morgan fingerprint density at radius 2 is 1.28 bits per heavy atom. The number of nitrogens with one attached hydrogen (secondary N) is 1. The molecular formula is C38H33F3N2O4. The molecule has 9 heteroatoms. The zero-order valence-electron chi connectivity index (χ0n) is 25.4. The second-order valence-corrected chi connectivity index (χ2v) is 11.1. The molecule has 0 fully saturated rings. The fourth-order valence-corrected chi connectivity index (χ4v) is 5.09. The molecule has 5 rings (SSSR count). The minimum Gasteiger partial charge on any atom is -0.480 e. The van der Waals surface area contributed by atoms with Crippen LogP contribution in [0, 0.1) is 0 Å². The maximum Gasteiger partial charge on any atom is 0.416 e. The molecule has 5 aromatic rings. The lowest BCUT2D eigenvalue weighted by molar-refractivity contribution is -0.139. The van der Waals surface area contributed by atoms with Crippen molar-refractivity contribution >= 4 is 11.9 Å². The summed E-state index contributed by atoms with van der Waals surface area (Å²) in [7, 11) is 0. The van der Waals surface area contributed by atoms with E-state index in [9.17, 15) is 27.9 Å². The molecule has 0 saturated carbocycles. The average Bonchev–Trinajstić information content (AvgIpc) is 3.06. The minimum absolute atomic E-state index is 0.178. The van der Waals surface area contributed by atoms with Gasteiger partial charge in [0.05, 0.1) is 12.1 Å². The first-order chi connectivity index (χ1) is 22.6. The van der Waals surface area contributed by atoms with Gasteiger partial charge in [0.25, 0.3) is 5.91 Å². The third kappa shape index (κ3) is 9.79. The summed E-state index contributed by atoms with van der Waals surface area (Å²) in [5.74, 6) is 0.294. The van der Waals surface area contributed by atoms with Crippen LogP contribution in [0.2, 0.25) is 0 Å². The number of aliphatic carboxylic acids is 1. The lowest BCUT2D eigenvalue weighted by Crippen LogP contribution is -2.29. The van der Waals surface area contributed by atoms with Crippen molar-refractivity contribution in [3.05, 3.63) is 155 Å². The summed E-state index contributed by atoms with van der Waals surface area (Å²) >= 11 is 0. The normalized spacial score (nSPS) is 11.3. The molecule has 0 aromatic heterocycles. The van der Waals surface area contributed by atoms with Gasteiger partial charge < -0.3 is 15.2 Å². The van der Waals surface area contributed by atoms with Gasteiger partial charge in [0.2, 0.25) is 0 Å². The number of alkyl halides is 3. The number of carboxylic acid groups (broad SMARTS) is 1. The van der Waals surface area contributed by atoms with E-state index in [0.29, 0.717) is 30.6 Å². The predicted octanol–water partition coefficient (Wildman–Crippen LogP) is 8.22. The second kappa shape index (κ2) is 15.2. The molecule has 47 heavy (non-hydrogen) atoms. The highest BCUT2D eigenvalue weighted by atomic mass is 19.4. The molecule has 0 spiro atoms. The summed E-state index contributed by atoms with van der Waals surface area (Å²) in [6.07, 6.45) is -3.77. The molecule has 240 valence electrons. The molecule has 0 aliphatic rings. The minimum atomic E-state index is -4.43. The number of hydrogen-bond donors (Lipinski definition) is 2. The Kier molecular flexibility index (Phi) is 10.7. The topological polar surface area (TPSA) is 78.9 Å². The first-order valence-electron chi connectivity index (χ1n) is 15.0. The van der Waals surface area contributed by atoms with Gasteiger partial charge in [-0.25, -0.2) is 0 Å². The summed E-state index contributed by atoms with van der Waals surface area (Å²) in [4.78, 5) is 26.0. The number of ether oxygens (including phenoxy) is 1. The summed E-state index contributed by atoms with van der Waals surface area (Å²) in [5.41, 5.74) is 4.01. The smallest absolute Gasteiger partial charge is 0.416 e. The number of carbonyl (C=O) groups is 2. The predicted molar refractivity (Wildman–Crippen MR) is 174 cm³/mol. The van der Waals surface area contributed by atoms with Crippen LogP contribution in [0.4, 0.5) is 13.2 Å². The standard InChI is InChI=1S/C38H33F3N2O4/c39-38(40,41)33-17-11-29(12-18-33)25-43(26-36(44)45)24-28-9-15-30(16-10-28)31-5-4-6-32(23-31)37(46)42-22-21-27-13-19-35(20-14-27)47-34-7-2-1-3-8-34/h1-20,23H,21-22,24-26H2,(H,42,46)(H,44,45). The van der Waals surface area contributed by atoms with Gasteiger partial charge in [0.1, 0.15) is 11.5 Å². The molecule has 0 aliphatic carbocycles. The highest BCUT2D eigenvalue weighted by Crippen LogP contribution is 2.29. The monoisotopic (exact) mass is 638 g/mol. The Hall–Kier alpha value is -5.41. The van der Waals surface area contributed by atoms with E-state index in [-0.39, 0.29) is 19.0 Å². The second-order valence-electron chi connectivity index (χ2n) is 11.1. The van der Waals surface area contributed by atoms with Crippen LogP contribution < -0.4 is 10.1 Å². The number of carbonyl (C=O) groups excluding carboxylic acids is 1. The Labute approximate surface area is 271 Å². The summed E-state index contributed by atoms with van der Waals surface area (Å²) < 4.78 is 44.6. The van der Waals surface area contributed by atoms with Crippen molar-refractivity contribution in [2.45, 2.75) is 25.7 Å². The zero-order valence-corrected chi connectivity index (χ0v) is 25.4. The van der Waals surface area contributed by atoms with E-state index in [4.69, 9.17) is 4.74 Å². The molecule has 0 unspecified atom stereocenters. The highest BCUT2D eigenvalue weighted by molar-refractivity contribution is 5.95. The van der Waals surface area contributed by atoms with Gasteiger partial charge in [-0.2, -0.15) is 13.2 Å². The van der Waals surface area contributed by atoms with Gasteiger partial charge in [-0.15, -0.1) is 0 Å². The number of hydrogen-bond acceptors (Lipinski definition) is 4. The molecule has 6 nitrogen and oxygen atoms in total. The van der Waals surface area contributed by atoms with Crippen molar-refractivity contribution in [2.75, 3.05) is 13.1 Å². The number of carboxylic acids is 1. The van der Waals surface area contributed by atoms with Crippen molar-refractivity contribution in [1.82, 2.24) is 10.2 Å². The van der Waals surface area contributed by atoms with E-state index in [1.54, 1.807) is 11.0 Å². The van der Waals surface area contributed by atoms with Crippen molar-refractivity contribution in [2.24, 2.45) is 0 Å². The maximum atomic E-state index is 12.9. The van der Waals surface area contributed by atoms with E-state index in [1.165, 1.54) is 12.1 Å². The van der Waals surface area contributed by atoms with Crippen LogP contribution in [-0.4, -0.2) is 35.0 Å². The Balaban J connectivity index is 1.15. The third-order valence-electron chi connectivity index (χ3n) is 7.47. The van der Waals surface area contributed by atoms with E-state index in [0.717, 1.165) is 45.9 Å². The number of rotatable bonds is 13. The molecule has 1 amide bonds. The van der Waals surface area contributed by atoms with Gasteiger partial charge in [0.15, 0.2) is 0 Å². The summed E-state index contributed by atoms with van der Waals surface area (Å²) in [6.45, 7) is 0.667. The Morgan fingerprint density at radius 3 is 1.89 bits per heavy atom. The number of para-hydroxylation sites is 1. The van der Waals surface area contributed by atoms with Crippen molar-refractivity contribution in [3.63, 3.8) is 0 Å². The van der Waals surface area contributed by atoms with Crippen LogP contribution in [0.25, 0.3) is 11.1 Å². The fraction of sp³-hybridized carbons (Fsp3) is 0.158. The molecule has 0 atom stereocenters. The summed E-state index contributed by atoms with van der Waals surface area (Å²) in [6, 6.07) is 36.9. The lowest BCUT2D eigenvalue weighted by Gasteiger charge is -2.21. The molecule has 2 N–H and O–H groups in total. The lowest BCUT2D eigenvalue weighted by atomic mass is 10.0. The summed E-state index contributed by atoms with van der Waals surface area (Å²) in [5, 5.41) is 12.4. The first-order valence-corrected chi connectivity index (χ1v) is 15.0. The van der Waals surface area contributed by atoms with Gasteiger partial charge in [0, 0.05) is 25.2 Å². The molecule has 0 saturated heterocycles.